The molecule has 0 aliphatic carbocycles. The van der Waals surface area contributed by atoms with Crippen LogP contribution in [0.1, 0.15) is 18.7 Å². The summed E-state index contributed by atoms with van der Waals surface area (Å²) in [7, 11) is 0. The molecule has 0 N–H and O–H groups in total. The Kier molecular flexibility index (Phi) is 3.18. The topological polar surface area (TPSA) is 38.2 Å². The van der Waals surface area contributed by atoms with Gasteiger partial charge < -0.3 is 9.64 Å². The molecule has 3 rings (SSSR count). The lowest BCUT2D eigenvalue weighted by molar-refractivity contribution is 0.0987. The van der Waals surface area contributed by atoms with Gasteiger partial charge >= 0.3 is 0 Å². The van der Waals surface area contributed by atoms with Crippen LogP contribution in [0.5, 0.6) is 0 Å². The second-order valence-electron chi connectivity index (χ2n) is 4.60. The molecule has 0 amide bonds. The molecule has 3 heterocycles. The van der Waals surface area contributed by atoms with Crippen LogP contribution in [-0.2, 0) is 11.2 Å². The fraction of sp³-hybridized carbons (Fsp3) is 0.538. The van der Waals surface area contributed by atoms with Gasteiger partial charge in [-0.1, -0.05) is 6.92 Å². The van der Waals surface area contributed by atoms with Crippen molar-refractivity contribution in [3.8, 4) is 0 Å². The zero-order valence-electron chi connectivity index (χ0n) is 10.7. The molecule has 0 saturated carbocycles. The highest BCUT2D eigenvalue weighted by Crippen LogP contribution is 2.31. The van der Waals surface area contributed by atoms with Crippen molar-refractivity contribution in [2.24, 2.45) is 0 Å². The van der Waals surface area contributed by atoms with Crippen molar-refractivity contribution in [3.63, 3.8) is 0 Å². The van der Waals surface area contributed by atoms with Gasteiger partial charge in [0, 0.05) is 11.4 Å². The van der Waals surface area contributed by atoms with Gasteiger partial charge in [0.05, 0.1) is 24.6 Å². The number of aromatic nitrogens is 2. The zero-order valence-corrected chi connectivity index (χ0v) is 11.5. The lowest BCUT2D eigenvalue weighted by atomic mass is 10.2. The molecule has 5 heteroatoms. The number of aryl methyl sites for hydroxylation is 1. The Morgan fingerprint density at radius 1 is 1.50 bits per heavy atom. The van der Waals surface area contributed by atoms with E-state index < -0.39 is 0 Å². The average molecular weight is 263 g/mol. The first kappa shape index (κ1) is 11.9. The maximum absolute atomic E-state index is 5.49. The molecule has 96 valence electrons. The van der Waals surface area contributed by atoms with Crippen molar-refractivity contribution < 1.29 is 4.74 Å². The van der Waals surface area contributed by atoms with Crippen LogP contribution in [0.2, 0.25) is 0 Å². The Labute approximate surface area is 111 Å². The first-order valence-electron chi connectivity index (χ1n) is 6.37. The highest BCUT2D eigenvalue weighted by molar-refractivity contribution is 7.18. The number of morpholine rings is 1. The lowest BCUT2D eigenvalue weighted by Gasteiger charge is -2.34. The van der Waals surface area contributed by atoms with E-state index in [4.69, 9.17) is 4.74 Å². The molecular formula is C13H17N3OS. The van der Waals surface area contributed by atoms with E-state index in [9.17, 15) is 0 Å². The van der Waals surface area contributed by atoms with Crippen LogP contribution in [0.15, 0.2) is 12.4 Å². The summed E-state index contributed by atoms with van der Waals surface area (Å²) in [5.41, 5.74) is 0. The van der Waals surface area contributed by atoms with Gasteiger partial charge in [-0.15, -0.1) is 11.3 Å². The molecule has 2 aromatic heterocycles. The first-order chi connectivity index (χ1) is 8.79. The van der Waals surface area contributed by atoms with E-state index in [0.717, 1.165) is 36.8 Å². The van der Waals surface area contributed by atoms with Gasteiger partial charge in [-0.2, -0.15) is 0 Å². The molecule has 0 unspecified atom stereocenters. The molecule has 0 spiro atoms. The minimum Gasteiger partial charge on any atom is -0.377 e. The maximum atomic E-state index is 5.49. The minimum atomic E-state index is 0.377. The SMILES string of the molecule is CCc1cc2c(N3CCOC[C@@H]3C)ncnc2s1. The fourth-order valence-corrected chi connectivity index (χ4v) is 3.27. The number of fused-ring (bicyclic) bond motifs is 1. The predicted octanol–water partition coefficient (Wildman–Crippen LogP) is 2.48. The number of ether oxygens (including phenoxy) is 1. The number of hydrogen-bond donors (Lipinski definition) is 0. The van der Waals surface area contributed by atoms with Crippen LogP contribution in [0, 0.1) is 0 Å². The van der Waals surface area contributed by atoms with Gasteiger partial charge in [-0.05, 0) is 19.4 Å². The van der Waals surface area contributed by atoms with Crippen molar-refractivity contribution in [3.05, 3.63) is 17.3 Å². The molecule has 18 heavy (non-hydrogen) atoms. The first-order valence-corrected chi connectivity index (χ1v) is 7.19. The highest BCUT2D eigenvalue weighted by Gasteiger charge is 2.22. The molecule has 1 saturated heterocycles. The summed E-state index contributed by atoms with van der Waals surface area (Å²) >= 11 is 1.77. The Balaban J connectivity index is 2.07. The van der Waals surface area contributed by atoms with Crippen LogP contribution in [0.3, 0.4) is 0 Å². The van der Waals surface area contributed by atoms with Crippen molar-refractivity contribution >= 4 is 27.4 Å². The summed E-state index contributed by atoms with van der Waals surface area (Å²) in [4.78, 5) is 13.7. The Morgan fingerprint density at radius 3 is 3.17 bits per heavy atom. The number of anilines is 1. The van der Waals surface area contributed by atoms with Crippen molar-refractivity contribution in [2.75, 3.05) is 24.7 Å². The third-order valence-corrected chi connectivity index (χ3v) is 4.53. The van der Waals surface area contributed by atoms with Gasteiger partial charge in [-0.3, -0.25) is 0 Å². The zero-order chi connectivity index (χ0) is 12.5. The van der Waals surface area contributed by atoms with E-state index in [2.05, 4.69) is 34.8 Å². The molecule has 0 radical (unpaired) electrons. The van der Waals surface area contributed by atoms with Gasteiger partial charge in [0.2, 0.25) is 0 Å². The number of rotatable bonds is 2. The monoisotopic (exact) mass is 263 g/mol. The number of hydrogen-bond acceptors (Lipinski definition) is 5. The average Bonchev–Trinajstić information content (AvgIpc) is 2.82. The van der Waals surface area contributed by atoms with Crippen LogP contribution in [0.4, 0.5) is 5.82 Å². The summed E-state index contributed by atoms with van der Waals surface area (Å²) in [6.45, 7) is 6.82. The van der Waals surface area contributed by atoms with E-state index in [1.54, 1.807) is 17.7 Å². The van der Waals surface area contributed by atoms with Crippen LogP contribution >= 0.6 is 11.3 Å². The third-order valence-electron chi connectivity index (χ3n) is 3.35. The Bertz CT molecular complexity index is 554. The molecule has 1 atom stereocenters. The van der Waals surface area contributed by atoms with E-state index in [-0.39, 0.29) is 0 Å². The normalized spacial score (nSPS) is 20.6. The standard InChI is InChI=1S/C13H17N3OS/c1-3-10-6-11-12(14-8-15-13(11)18-10)16-4-5-17-7-9(16)2/h6,8-9H,3-5,7H2,1-2H3/t9-/m0/s1. The van der Waals surface area contributed by atoms with Gasteiger partial charge in [0.1, 0.15) is 17.0 Å². The fourth-order valence-electron chi connectivity index (χ4n) is 2.34. The summed E-state index contributed by atoms with van der Waals surface area (Å²) < 4.78 is 5.49. The van der Waals surface area contributed by atoms with E-state index in [1.807, 2.05) is 0 Å². The molecular weight excluding hydrogens is 246 g/mol. The van der Waals surface area contributed by atoms with E-state index >= 15 is 0 Å². The van der Waals surface area contributed by atoms with Crippen molar-refractivity contribution in [1.29, 1.82) is 0 Å². The number of thiophene rings is 1. The minimum absolute atomic E-state index is 0.377. The summed E-state index contributed by atoms with van der Waals surface area (Å²) in [6, 6.07) is 2.61. The van der Waals surface area contributed by atoms with Crippen LogP contribution in [-0.4, -0.2) is 35.8 Å². The largest absolute Gasteiger partial charge is 0.377 e. The molecule has 1 aliphatic heterocycles. The second kappa shape index (κ2) is 4.82. The smallest absolute Gasteiger partial charge is 0.141 e. The Hall–Kier alpha value is -1.20. The highest BCUT2D eigenvalue weighted by atomic mass is 32.1. The van der Waals surface area contributed by atoms with Crippen molar-refractivity contribution in [2.45, 2.75) is 26.3 Å². The molecule has 2 aromatic rings. The second-order valence-corrected chi connectivity index (χ2v) is 5.71. The van der Waals surface area contributed by atoms with E-state index in [0.29, 0.717) is 6.04 Å². The molecule has 1 aliphatic rings. The third kappa shape index (κ3) is 1.97. The van der Waals surface area contributed by atoms with Crippen LogP contribution in [0.25, 0.3) is 10.2 Å². The molecule has 1 fully saturated rings. The number of nitrogens with zero attached hydrogens (tertiary/aromatic N) is 3. The van der Waals surface area contributed by atoms with Gasteiger partial charge in [0.25, 0.3) is 0 Å². The molecule has 0 bridgehead atoms. The molecule has 4 nitrogen and oxygen atoms in total. The van der Waals surface area contributed by atoms with Crippen LogP contribution < -0.4 is 4.90 Å². The van der Waals surface area contributed by atoms with E-state index in [1.165, 1.54) is 10.3 Å². The van der Waals surface area contributed by atoms with Gasteiger partial charge in [-0.25, -0.2) is 9.97 Å². The quantitative estimate of drug-likeness (QED) is 0.834. The Morgan fingerprint density at radius 2 is 2.39 bits per heavy atom. The summed E-state index contributed by atoms with van der Waals surface area (Å²) in [5, 5.41) is 1.19. The summed E-state index contributed by atoms with van der Waals surface area (Å²) in [5.74, 6) is 1.06. The summed E-state index contributed by atoms with van der Waals surface area (Å²) in [6.07, 6.45) is 2.73. The predicted molar refractivity (Wildman–Crippen MR) is 74.4 cm³/mol. The van der Waals surface area contributed by atoms with Crippen molar-refractivity contribution in [1.82, 2.24) is 9.97 Å². The maximum Gasteiger partial charge on any atom is 0.141 e. The lowest BCUT2D eigenvalue weighted by Crippen LogP contribution is -2.44. The molecule has 0 aromatic carbocycles. The van der Waals surface area contributed by atoms with Gasteiger partial charge in [0.15, 0.2) is 0 Å².